The molecule has 0 unspecified atom stereocenters. The quantitative estimate of drug-likeness (QED) is 0.314. The number of hydrogen-bond donors (Lipinski definition) is 1. The summed E-state index contributed by atoms with van der Waals surface area (Å²) in [6.07, 6.45) is 0. The monoisotopic (exact) mass is 483 g/mol. The topological polar surface area (TPSA) is 79.5 Å². The van der Waals surface area contributed by atoms with Crippen LogP contribution in [0.2, 0.25) is 0 Å². The van der Waals surface area contributed by atoms with E-state index in [-0.39, 0.29) is 0 Å². The minimum absolute atomic E-state index is 0.469. The lowest BCUT2D eigenvalue weighted by atomic mass is 9.87. The van der Waals surface area contributed by atoms with Crippen molar-refractivity contribution in [1.82, 2.24) is 15.0 Å². The van der Waals surface area contributed by atoms with E-state index in [4.69, 9.17) is 4.52 Å². The van der Waals surface area contributed by atoms with Crippen molar-refractivity contribution in [1.29, 1.82) is 0 Å². The zero-order chi connectivity index (χ0) is 26.3. The van der Waals surface area contributed by atoms with Crippen LogP contribution in [0.1, 0.15) is 44.4 Å². The van der Waals surface area contributed by atoms with Crippen molar-refractivity contribution in [3.8, 4) is 34.0 Å². The predicted octanol–water partition coefficient (Wildman–Crippen LogP) is 6.72. The SMILES string of the molecule is Cc1ccccc1-c1ccc(-c2nc(-c3ccc(C(C)(C)N(C)C(C)(C)C(=O)O)cc3)no2)cc1C. The van der Waals surface area contributed by atoms with Crippen molar-refractivity contribution >= 4 is 5.97 Å². The summed E-state index contributed by atoms with van der Waals surface area (Å²) in [4.78, 5) is 18.3. The summed E-state index contributed by atoms with van der Waals surface area (Å²) in [5.74, 6) is 0.113. The molecule has 0 bridgehead atoms. The van der Waals surface area contributed by atoms with Gasteiger partial charge in [0.05, 0.1) is 0 Å². The second kappa shape index (κ2) is 9.36. The third-order valence-corrected chi connectivity index (χ3v) is 7.38. The van der Waals surface area contributed by atoms with Gasteiger partial charge in [-0.05, 0) is 88.5 Å². The largest absolute Gasteiger partial charge is 0.480 e. The number of aliphatic carboxylic acids is 1. The van der Waals surface area contributed by atoms with E-state index in [0.717, 1.165) is 22.3 Å². The minimum atomic E-state index is -1.02. The second-order valence-electron chi connectivity index (χ2n) is 10.3. The summed E-state index contributed by atoms with van der Waals surface area (Å²) in [6, 6.07) is 22.4. The van der Waals surface area contributed by atoms with E-state index >= 15 is 0 Å². The molecule has 0 aliphatic heterocycles. The molecule has 0 radical (unpaired) electrons. The van der Waals surface area contributed by atoms with E-state index in [1.807, 2.05) is 62.2 Å². The molecule has 0 saturated carbocycles. The van der Waals surface area contributed by atoms with Crippen LogP contribution >= 0.6 is 0 Å². The number of aromatic nitrogens is 2. The molecule has 3 aromatic carbocycles. The van der Waals surface area contributed by atoms with Crippen molar-refractivity contribution in [2.75, 3.05) is 7.05 Å². The van der Waals surface area contributed by atoms with Gasteiger partial charge in [0.15, 0.2) is 0 Å². The molecule has 0 saturated heterocycles. The first kappa shape index (κ1) is 25.3. The van der Waals surface area contributed by atoms with Crippen LogP contribution in [0.15, 0.2) is 71.3 Å². The molecule has 6 heteroatoms. The highest BCUT2D eigenvalue weighted by atomic mass is 16.5. The van der Waals surface area contributed by atoms with Crippen molar-refractivity contribution in [2.45, 2.75) is 52.6 Å². The molecule has 36 heavy (non-hydrogen) atoms. The minimum Gasteiger partial charge on any atom is -0.480 e. The molecule has 0 amide bonds. The molecular weight excluding hydrogens is 450 g/mol. The summed E-state index contributed by atoms with van der Waals surface area (Å²) in [6.45, 7) is 11.7. The summed E-state index contributed by atoms with van der Waals surface area (Å²) >= 11 is 0. The highest BCUT2D eigenvalue weighted by molar-refractivity contribution is 5.78. The highest BCUT2D eigenvalue weighted by Gasteiger charge is 2.41. The fraction of sp³-hybridized carbons (Fsp3) is 0.300. The van der Waals surface area contributed by atoms with Gasteiger partial charge in [-0.2, -0.15) is 4.98 Å². The van der Waals surface area contributed by atoms with Crippen LogP contribution in [0.5, 0.6) is 0 Å². The highest BCUT2D eigenvalue weighted by Crippen LogP contribution is 2.34. The van der Waals surface area contributed by atoms with Crippen LogP contribution in [0.3, 0.4) is 0 Å². The summed E-state index contributed by atoms with van der Waals surface area (Å²) in [7, 11) is 1.83. The summed E-state index contributed by atoms with van der Waals surface area (Å²) in [5.41, 5.74) is 5.96. The molecule has 186 valence electrons. The number of nitrogens with zero attached hydrogens (tertiary/aromatic N) is 3. The molecule has 0 spiro atoms. The normalized spacial score (nSPS) is 12.2. The number of likely N-dealkylation sites (N-methyl/N-ethyl adjacent to an activating group) is 1. The molecule has 1 aromatic heterocycles. The van der Waals surface area contributed by atoms with Crippen LogP contribution in [-0.2, 0) is 10.3 Å². The third kappa shape index (κ3) is 4.56. The molecule has 4 rings (SSSR count). The van der Waals surface area contributed by atoms with Gasteiger partial charge in [0, 0.05) is 16.7 Å². The van der Waals surface area contributed by atoms with E-state index < -0.39 is 17.0 Å². The van der Waals surface area contributed by atoms with Crippen molar-refractivity contribution in [3.63, 3.8) is 0 Å². The van der Waals surface area contributed by atoms with Crippen LogP contribution in [0, 0.1) is 13.8 Å². The molecule has 1 heterocycles. The van der Waals surface area contributed by atoms with Gasteiger partial charge in [0.25, 0.3) is 5.89 Å². The third-order valence-electron chi connectivity index (χ3n) is 7.38. The number of carboxylic acid groups (broad SMARTS) is 1. The molecule has 6 nitrogen and oxygen atoms in total. The van der Waals surface area contributed by atoms with Crippen molar-refractivity contribution < 1.29 is 14.4 Å². The van der Waals surface area contributed by atoms with Gasteiger partial charge in [-0.3, -0.25) is 9.69 Å². The molecule has 0 fully saturated rings. The molecule has 4 aromatic rings. The zero-order valence-electron chi connectivity index (χ0n) is 22.0. The van der Waals surface area contributed by atoms with Gasteiger partial charge in [-0.15, -0.1) is 0 Å². The maximum Gasteiger partial charge on any atom is 0.323 e. The molecule has 1 N–H and O–H groups in total. The Morgan fingerprint density at radius 1 is 0.861 bits per heavy atom. The molecular formula is C30H33N3O3. The Hall–Kier alpha value is -3.77. The average Bonchev–Trinajstić information content (AvgIpc) is 3.34. The van der Waals surface area contributed by atoms with Crippen molar-refractivity contribution in [2.24, 2.45) is 0 Å². The first-order valence-electron chi connectivity index (χ1n) is 12.0. The first-order valence-corrected chi connectivity index (χ1v) is 12.0. The number of aryl methyl sites for hydroxylation is 2. The first-order chi connectivity index (χ1) is 16.9. The maximum atomic E-state index is 11.8. The van der Waals surface area contributed by atoms with Gasteiger partial charge in [0.1, 0.15) is 5.54 Å². The average molecular weight is 484 g/mol. The number of hydrogen-bond acceptors (Lipinski definition) is 5. The van der Waals surface area contributed by atoms with Crippen LogP contribution < -0.4 is 0 Å². The Morgan fingerprint density at radius 2 is 1.47 bits per heavy atom. The molecule has 0 aliphatic rings. The summed E-state index contributed by atoms with van der Waals surface area (Å²) < 4.78 is 5.60. The van der Waals surface area contributed by atoms with E-state index in [0.29, 0.717) is 11.7 Å². The Morgan fingerprint density at radius 3 is 2.08 bits per heavy atom. The van der Waals surface area contributed by atoms with Crippen LogP contribution in [0.4, 0.5) is 0 Å². The number of carbonyl (C=O) groups is 1. The van der Waals surface area contributed by atoms with Gasteiger partial charge >= 0.3 is 5.97 Å². The van der Waals surface area contributed by atoms with Crippen LogP contribution in [0.25, 0.3) is 34.0 Å². The Labute approximate surface area is 212 Å². The Balaban J connectivity index is 1.58. The van der Waals surface area contributed by atoms with E-state index in [2.05, 4.69) is 54.3 Å². The summed E-state index contributed by atoms with van der Waals surface area (Å²) in [5, 5.41) is 13.8. The smallest absolute Gasteiger partial charge is 0.323 e. The lowest BCUT2D eigenvalue weighted by molar-refractivity contribution is -0.152. The zero-order valence-corrected chi connectivity index (χ0v) is 22.0. The van der Waals surface area contributed by atoms with E-state index in [1.54, 1.807) is 13.8 Å². The van der Waals surface area contributed by atoms with Gasteiger partial charge < -0.3 is 9.63 Å². The predicted molar refractivity (Wildman–Crippen MR) is 143 cm³/mol. The molecule has 0 atom stereocenters. The second-order valence-corrected chi connectivity index (χ2v) is 10.3. The Kier molecular flexibility index (Phi) is 6.58. The van der Waals surface area contributed by atoms with Gasteiger partial charge in [-0.1, -0.05) is 59.8 Å². The fourth-order valence-corrected chi connectivity index (χ4v) is 4.50. The number of rotatable bonds is 7. The van der Waals surface area contributed by atoms with Gasteiger partial charge in [-0.25, -0.2) is 0 Å². The van der Waals surface area contributed by atoms with Crippen LogP contribution in [-0.4, -0.2) is 38.7 Å². The fourth-order valence-electron chi connectivity index (χ4n) is 4.50. The number of benzene rings is 3. The van der Waals surface area contributed by atoms with E-state index in [1.165, 1.54) is 16.7 Å². The standard InChI is InChI=1S/C30H33N3O3/c1-19-10-8-9-11-24(19)25-17-14-22(18-20(25)2)27-31-26(32-36-27)21-12-15-23(16-13-21)29(3,4)33(7)30(5,6)28(34)35/h8-18H,1-7H3,(H,34,35). The lowest BCUT2D eigenvalue weighted by Crippen LogP contribution is -2.55. The Bertz CT molecular complexity index is 1400. The van der Waals surface area contributed by atoms with Gasteiger partial charge in [0.2, 0.25) is 5.82 Å². The molecule has 0 aliphatic carbocycles. The number of carboxylic acids is 1. The van der Waals surface area contributed by atoms with E-state index in [9.17, 15) is 9.90 Å². The maximum absolute atomic E-state index is 11.8. The van der Waals surface area contributed by atoms with Crippen molar-refractivity contribution in [3.05, 3.63) is 83.4 Å². The lowest BCUT2D eigenvalue weighted by Gasteiger charge is -2.44.